The molecule has 5 nitrogen and oxygen atoms in total. The molecule has 0 radical (unpaired) electrons. The smallest absolute Gasteiger partial charge is 0.355 e. The van der Waals surface area contributed by atoms with E-state index in [0.29, 0.717) is 39.0 Å². The average molecular weight is 342 g/mol. The molecule has 3 heterocycles. The average Bonchev–Trinajstić information content (AvgIpc) is 2.61. The number of nitrogens with one attached hydrogen (secondary N) is 1. The number of nitrogens with zero attached hydrogens (tertiary/aromatic N) is 3. The van der Waals surface area contributed by atoms with Crippen LogP contribution in [-0.2, 0) is 11.0 Å². The molecule has 1 aromatic rings. The van der Waals surface area contributed by atoms with Gasteiger partial charge in [-0.3, -0.25) is 4.79 Å². The normalized spacial score (nSPS) is 22.5. The summed E-state index contributed by atoms with van der Waals surface area (Å²) in [6.45, 7) is 3.63. The van der Waals surface area contributed by atoms with Gasteiger partial charge in [0.25, 0.3) is 0 Å². The zero-order chi connectivity index (χ0) is 17.2. The van der Waals surface area contributed by atoms with Gasteiger partial charge in [0.15, 0.2) is 0 Å². The molecule has 2 fully saturated rings. The summed E-state index contributed by atoms with van der Waals surface area (Å²) in [5.74, 6) is -0.284. The van der Waals surface area contributed by atoms with Crippen molar-refractivity contribution < 1.29 is 18.0 Å². The Morgan fingerprint density at radius 3 is 2.71 bits per heavy atom. The Morgan fingerprint density at radius 1 is 1.25 bits per heavy atom. The van der Waals surface area contributed by atoms with E-state index in [2.05, 4.69) is 10.3 Å². The number of carbonyl (C=O) groups is 1. The van der Waals surface area contributed by atoms with Crippen molar-refractivity contribution in [2.45, 2.75) is 19.0 Å². The lowest BCUT2D eigenvalue weighted by atomic mass is 9.95. The Labute approximate surface area is 138 Å². The maximum atomic E-state index is 13.2. The number of piperazine rings is 1. The minimum absolute atomic E-state index is 0.0469. The molecular formula is C16H21F3N4O. The van der Waals surface area contributed by atoms with Crippen LogP contribution in [0, 0.1) is 5.92 Å². The third-order valence-corrected chi connectivity index (χ3v) is 4.59. The van der Waals surface area contributed by atoms with Crippen LogP contribution in [0.25, 0.3) is 0 Å². The quantitative estimate of drug-likeness (QED) is 0.890. The summed E-state index contributed by atoms with van der Waals surface area (Å²) in [6.07, 6.45) is -1.67. The van der Waals surface area contributed by atoms with E-state index in [1.807, 2.05) is 4.90 Å². The number of halogens is 3. The van der Waals surface area contributed by atoms with Crippen LogP contribution in [0.1, 0.15) is 18.4 Å². The van der Waals surface area contributed by atoms with Gasteiger partial charge in [-0.25, -0.2) is 4.98 Å². The van der Waals surface area contributed by atoms with Gasteiger partial charge in [-0.2, -0.15) is 13.2 Å². The van der Waals surface area contributed by atoms with E-state index in [0.717, 1.165) is 19.2 Å². The number of hydrogen-bond acceptors (Lipinski definition) is 4. The minimum Gasteiger partial charge on any atom is -0.355 e. The number of hydrogen-bond donors (Lipinski definition) is 1. The van der Waals surface area contributed by atoms with E-state index in [9.17, 15) is 18.0 Å². The molecule has 1 amide bonds. The Balaban J connectivity index is 1.75. The molecule has 2 saturated heterocycles. The fraction of sp³-hybridized carbons (Fsp3) is 0.625. The first-order valence-corrected chi connectivity index (χ1v) is 8.23. The first kappa shape index (κ1) is 17.0. The van der Waals surface area contributed by atoms with Crippen molar-refractivity contribution in [2.24, 2.45) is 5.92 Å². The summed E-state index contributed by atoms with van der Waals surface area (Å²) in [5.41, 5.74) is -0.736. The number of piperidine rings is 1. The Morgan fingerprint density at radius 2 is 2.00 bits per heavy atom. The van der Waals surface area contributed by atoms with Crippen LogP contribution in [0.15, 0.2) is 18.3 Å². The molecule has 1 N–H and O–H groups in total. The predicted octanol–water partition coefficient (Wildman–Crippen LogP) is 1.75. The van der Waals surface area contributed by atoms with Crippen molar-refractivity contribution in [1.29, 1.82) is 0 Å². The molecule has 1 unspecified atom stereocenters. The van der Waals surface area contributed by atoms with E-state index < -0.39 is 11.7 Å². The topological polar surface area (TPSA) is 48.5 Å². The molecule has 0 aliphatic carbocycles. The summed E-state index contributed by atoms with van der Waals surface area (Å²) in [7, 11) is 0. The van der Waals surface area contributed by atoms with Gasteiger partial charge in [0, 0.05) is 45.5 Å². The molecule has 0 aromatic carbocycles. The molecule has 2 aliphatic rings. The Bertz CT molecular complexity index is 587. The third kappa shape index (κ3) is 3.63. The molecule has 1 atom stereocenters. The Hall–Kier alpha value is -1.83. The lowest BCUT2D eigenvalue weighted by molar-refractivity contribution is -0.137. The number of pyridine rings is 1. The molecule has 0 bridgehead atoms. The van der Waals surface area contributed by atoms with Crippen LogP contribution in [0.5, 0.6) is 0 Å². The van der Waals surface area contributed by atoms with E-state index in [1.54, 1.807) is 4.90 Å². The highest BCUT2D eigenvalue weighted by atomic mass is 19.4. The molecule has 2 aliphatic heterocycles. The van der Waals surface area contributed by atoms with Crippen LogP contribution in [0.2, 0.25) is 0 Å². The molecule has 8 heteroatoms. The van der Waals surface area contributed by atoms with Gasteiger partial charge in [-0.1, -0.05) is 0 Å². The maximum absolute atomic E-state index is 13.2. The van der Waals surface area contributed by atoms with Gasteiger partial charge in [0.05, 0.1) is 11.5 Å². The Kier molecular flexibility index (Phi) is 4.93. The highest BCUT2D eigenvalue weighted by molar-refractivity contribution is 5.80. The van der Waals surface area contributed by atoms with E-state index in [1.165, 1.54) is 12.3 Å². The highest BCUT2D eigenvalue weighted by Crippen LogP contribution is 2.36. The molecular weight excluding hydrogens is 321 g/mol. The van der Waals surface area contributed by atoms with Gasteiger partial charge in [0.1, 0.15) is 5.82 Å². The lowest BCUT2D eigenvalue weighted by Crippen LogP contribution is -2.51. The number of alkyl halides is 3. The molecule has 0 saturated carbocycles. The van der Waals surface area contributed by atoms with Crippen molar-refractivity contribution in [2.75, 3.05) is 44.2 Å². The molecule has 0 spiro atoms. The van der Waals surface area contributed by atoms with E-state index in [-0.39, 0.29) is 17.6 Å². The van der Waals surface area contributed by atoms with Crippen molar-refractivity contribution in [3.63, 3.8) is 0 Å². The second-order valence-corrected chi connectivity index (χ2v) is 6.23. The summed E-state index contributed by atoms with van der Waals surface area (Å²) in [6, 6.07) is 2.34. The molecule has 3 rings (SSSR count). The fourth-order valence-corrected chi connectivity index (χ4v) is 3.38. The van der Waals surface area contributed by atoms with Crippen molar-refractivity contribution in [1.82, 2.24) is 15.2 Å². The first-order valence-electron chi connectivity index (χ1n) is 8.23. The zero-order valence-corrected chi connectivity index (χ0v) is 13.4. The van der Waals surface area contributed by atoms with E-state index >= 15 is 0 Å². The van der Waals surface area contributed by atoms with Gasteiger partial charge < -0.3 is 15.1 Å². The van der Waals surface area contributed by atoms with E-state index in [4.69, 9.17) is 0 Å². The highest BCUT2D eigenvalue weighted by Gasteiger charge is 2.38. The zero-order valence-electron chi connectivity index (χ0n) is 13.4. The lowest BCUT2D eigenvalue weighted by Gasteiger charge is -2.37. The van der Waals surface area contributed by atoms with Gasteiger partial charge >= 0.3 is 6.18 Å². The van der Waals surface area contributed by atoms with Crippen molar-refractivity contribution >= 4 is 11.7 Å². The summed E-state index contributed by atoms with van der Waals surface area (Å²) < 4.78 is 39.6. The number of aromatic nitrogens is 1. The van der Waals surface area contributed by atoms with Crippen molar-refractivity contribution in [3.05, 3.63) is 23.9 Å². The summed E-state index contributed by atoms with van der Waals surface area (Å²) in [5, 5.41) is 3.19. The largest absolute Gasteiger partial charge is 0.419 e. The van der Waals surface area contributed by atoms with Gasteiger partial charge in [0.2, 0.25) is 5.91 Å². The monoisotopic (exact) mass is 342 g/mol. The van der Waals surface area contributed by atoms with Crippen LogP contribution < -0.4 is 10.2 Å². The molecule has 132 valence electrons. The van der Waals surface area contributed by atoms with Crippen LogP contribution >= 0.6 is 0 Å². The summed E-state index contributed by atoms with van der Waals surface area (Å²) in [4.78, 5) is 20.0. The standard InChI is InChI=1S/C16H21F3N4O/c17-16(18,19)13-4-1-5-21-14(13)23-8-2-3-12(11-23)15(24)22-9-6-20-7-10-22/h1,4-5,12,20H,2-3,6-11H2. The van der Waals surface area contributed by atoms with Gasteiger partial charge in [-0.15, -0.1) is 0 Å². The van der Waals surface area contributed by atoms with Gasteiger partial charge in [-0.05, 0) is 25.0 Å². The number of anilines is 1. The predicted molar refractivity (Wildman–Crippen MR) is 83.6 cm³/mol. The number of rotatable bonds is 2. The number of carbonyl (C=O) groups excluding carboxylic acids is 1. The molecule has 1 aromatic heterocycles. The summed E-state index contributed by atoms with van der Waals surface area (Å²) >= 11 is 0. The minimum atomic E-state index is -4.45. The van der Waals surface area contributed by atoms with Crippen LogP contribution in [0.4, 0.5) is 19.0 Å². The maximum Gasteiger partial charge on any atom is 0.419 e. The van der Waals surface area contributed by atoms with Crippen LogP contribution in [0.3, 0.4) is 0 Å². The fourth-order valence-electron chi connectivity index (χ4n) is 3.38. The number of amides is 1. The second kappa shape index (κ2) is 6.96. The third-order valence-electron chi connectivity index (χ3n) is 4.59. The van der Waals surface area contributed by atoms with Crippen molar-refractivity contribution in [3.8, 4) is 0 Å². The van der Waals surface area contributed by atoms with Crippen LogP contribution in [-0.4, -0.2) is 55.1 Å². The second-order valence-electron chi connectivity index (χ2n) is 6.23. The molecule has 24 heavy (non-hydrogen) atoms. The first-order chi connectivity index (χ1) is 11.5. The SMILES string of the molecule is O=C(C1CCCN(c2ncccc2C(F)(F)F)C1)N1CCNCC1.